The van der Waals surface area contributed by atoms with Gasteiger partial charge in [0.2, 0.25) is 0 Å². The predicted octanol–water partition coefficient (Wildman–Crippen LogP) is 1.21. The first-order valence-corrected chi connectivity index (χ1v) is 6.07. The largest absolute Gasteiger partial charge is 0.480 e. The van der Waals surface area contributed by atoms with E-state index in [0.717, 1.165) is 0 Å². The van der Waals surface area contributed by atoms with Crippen LogP contribution in [0, 0.1) is 5.41 Å². The fourth-order valence-electron chi connectivity index (χ4n) is 1.41. The van der Waals surface area contributed by atoms with E-state index < -0.39 is 23.5 Å². The number of carbonyl (C=O) groups excluding carboxylic acids is 1. The van der Waals surface area contributed by atoms with Gasteiger partial charge in [-0.05, 0) is 19.3 Å². The minimum atomic E-state index is -1.05. The van der Waals surface area contributed by atoms with Gasteiger partial charge in [0.1, 0.15) is 6.04 Å². The Labute approximate surface area is 108 Å². The van der Waals surface area contributed by atoms with Gasteiger partial charge in [0.25, 0.3) is 0 Å². The summed E-state index contributed by atoms with van der Waals surface area (Å²) >= 11 is 0. The average Bonchev–Trinajstić information content (AvgIpc) is 2.21. The molecule has 0 aromatic carbocycles. The van der Waals surface area contributed by atoms with Crippen molar-refractivity contribution >= 4 is 12.0 Å². The molecule has 2 unspecified atom stereocenters. The number of carbonyl (C=O) groups is 2. The van der Waals surface area contributed by atoms with Crippen LogP contribution >= 0.6 is 0 Å². The number of carboxylic acids is 1. The average molecular weight is 260 g/mol. The Morgan fingerprint density at radius 3 is 2.28 bits per heavy atom. The third-order valence-electron chi connectivity index (χ3n) is 2.39. The number of aliphatic carboxylic acids is 1. The smallest absolute Gasteiger partial charge is 0.326 e. The first kappa shape index (κ1) is 16.7. The van der Waals surface area contributed by atoms with E-state index in [-0.39, 0.29) is 6.10 Å². The maximum absolute atomic E-state index is 11.6. The summed E-state index contributed by atoms with van der Waals surface area (Å²) in [5.74, 6) is -1.05. The third kappa shape index (κ3) is 6.44. The zero-order valence-corrected chi connectivity index (χ0v) is 11.7. The lowest BCUT2D eigenvalue weighted by Crippen LogP contribution is -2.53. The van der Waals surface area contributed by atoms with Crippen molar-refractivity contribution in [2.75, 3.05) is 13.2 Å². The van der Waals surface area contributed by atoms with Gasteiger partial charge < -0.3 is 20.5 Å². The number of rotatable bonds is 6. The lowest BCUT2D eigenvalue weighted by Gasteiger charge is -2.28. The summed E-state index contributed by atoms with van der Waals surface area (Å²) in [5.41, 5.74) is -0.547. The van der Waals surface area contributed by atoms with E-state index >= 15 is 0 Å². The molecule has 0 spiro atoms. The van der Waals surface area contributed by atoms with E-state index in [0.29, 0.717) is 13.2 Å². The van der Waals surface area contributed by atoms with Gasteiger partial charge in [-0.1, -0.05) is 20.8 Å². The van der Waals surface area contributed by atoms with E-state index in [9.17, 15) is 9.59 Å². The van der Waals surface area contributed by atoms with Crippen LogP contribution < -0.4 is 10.6 Å². The highest BCUT2D eigenvalue weighted by Gasteiger charge is 2.32. The van der Waals surface area contributed by atoms with Crippen LogP contribution in [-0.4, -0.2) is 42.4 Å². The Kier molecular flexibility index (Phi) is 6.68. The summed E-state index contributed by atoms with van der Waals surface area (Å²) in [5, 5.41) is 14.1. The van der Waals surface area contributed by atoms with Crippen LogP contribution in [0.1, 0.15) is 34.6 Å². The highest BCUT2D eigenvalue weighted by molar-refractivity contribution is 5.83. The molecule has 0 aromatic rings. The number of carboxylic acid groups (broad SMARTS) is 1. The first-order valence-electron chi connectivity index (χ1n) is 6.07. The van der Waals surface area contributed by atoms with Crippen molar-refractivity contribution in [2.24, 2.45) is 5.41 Å². The van der Waals surface area contributed by atoms with Crippen molar-refractivity contribution in [3.63, 3.8) is 0 Å². The van der Waals surface area contributed by atoms with Crippen molar-refractivity contribution in [3.8, 4) is 0 Å². The van der Waals surface area contributed by atoms with Crippen molar-refractivity contribution in [1.82, 2.24) is 10.6 Å². The number of ether oxygens (including phenoxy) is 1. The van der Waals surface area contributed by atoms with Crippen LogP contribution in [0.5, 0.6) is 0 Å². The van der Waals surface area contributed by atoms with Crippen LogP contribution in [0.25, 0.3) is 0 Å². The zero-order valence-electron chi connectivity index (χ0n) is 11.7. The van der Waals surface area contributed by atoms with Crippen molar-refractivity contribution in [2.45, 2.75) is 46.8 Å². The summed E-state index contributed by atoms with van der Waals surface area (Å²) in [6.07, 6.45) is -0.0985. The molecule has 0 rings (SSSR count). The van der Waals surface area contributed by atoms with E-state index in [2.05, 4.69) is 10.6 Å². The molecule has 2 atom stereocenters. The molecule has 0 saturated carbocycles. The van der Waals surface area contributed by atoms with Crippen LogP contribution in [0.2, 0.25) is 0 Å². The molecule has 0 aliphatic heterocycles. The molecule has 106 valence electrons. The summed E-state index contributed by atoms with van der Waals surface area (Å²) < 4.78 is 5.25. The second-order valence-electron chi connectivity index (χ2n) is 5.26. The maximum atomic E-state index is 11.6. The fraction of sp³-hybridized carbons (Fsp3) is 0.833. The summed E-state index contributed by atoms with van der Waals surface area (Å²) in [6, 6.07) is -1.43. The van der Waals surface area contributed by atoms with Crippen molar-refractivity contribution in [3.05, 3.63) is 0 Å². The van der Waals surface area contributed by atoms with Crippen molar-refractivity contribution in [1.29, 1.82) is 0 Å². The minimum absolute atomic E-state index is 0.0985. The molecule has 6 nitrogen and oxygen atoms in total. The van der Waals surface area contributed by atoms with Crippen molar-refractivity contribution < 1.29 is 19.4 Å². The molecule has 0 fully saturated rings. The predicted molar refractivity (Wildman–Crippen MR) is 68.5 cm³/mol. The Morgan fingerprint density at radius 1 is 1.33 bits per heavy atom. The van der Waals surface area contributed by atoms with Gasteiger partial charge in [-0.25, -0.2) is 9.59 Å². The highest BCUT2D eigenvalue weighted by atomic mass is 16.5. The molecular formula is C12H24N2O4. The van der Waals surface area contributed by atoms with E-state index in [1.165, 1.54) is 0 Å². The number of urea groups is 1. The SMILES string of the molecule is CCOC(C)CNC(=O)NC(C(=O)O)C(C)(C)C. The van der Waals surface area contributed by atoms with E-state index in [1.54, 1.807) is 20.8 Å². The molecule has 0 heterocycles. The van der Waals surface area contributed by atoms with Gasteiger partial charge in [-0.2, -0.15) is 0 Å². The second kappa shape index (κ2) is 7.20. The van der Waals surface area contributed by atoms with E-state index in [4.69, 9.17) is 9.84 Å². The van der Waals surface area contributed by atoms with Gasteiger partial charge in [0.05, 0.1) is 6.10 Å². The van der Waals surface area contributed by atoms with Gasteiger partial charge in [0.15, 0.2) is 0 Å². The molecule has 0 aliphatic carbocycles. The van der Waals surface area contributed by atoms with Gasteiger partial charge in [-0.3, -0.25) is 0 Å². The lowest BCUT2D eigenvalue weighted by molar-refractivity contribution is -0.141. The summed E-state index contributed by atoms with van der Waals surface area (Å²) in [6.45, 7) is 9.90. The topological polar surface area (TPSA) is 87.7 Å². The van der Waals surface area contributed by atoms with Gasteiger partial charge in [0, 0.05) is 13.2 Å². The van der Waals surface area contributed by atoms with Crippen LogP contribution in [0.4, 0.5) is 4.79 Å². The molecule has 18 heavy (non-hydrogen) atoms. The number of nitrogens with one attached hydrogen (secondary N) is 2. The summed E-state index contributed by atoms with van der Waals surface area (Å²) in [7, 11) is 0. The van der Waals surface area contributed by atoms with Crippen LogP contribution in [0.3, 0.4) is 0 Å². The number of hydrogen-bond acceptors (Lipinski definition) is 3. The molecule has 6 heteroatoms. The monoisotopic (exact) mass is 260 g/mol. The molecule has 0 aliphatic rings. The molecule has 0 radical (unpaired) electrons. The normalized spacial score (nSPS) is 14.7. The highest BCUT2D eigenvalue weighted by Crippen LogP contribution is 2.19. The molecule has 0 aromatic heterocycles. The zero-order chi connectivity index (χ0) is 14.3. The second-order valence-corrected chi connectivity index (χ2v) is 5.26. The first-order chi connectivity index (χ1) is 8.18. The third-order valence-corrected chi connectivity index (χ3v) is 2.39. The maximum Gasteiger partial charge on any atom is 0.326 e. The van der Waals surface area contributed by atoms with Gasteiger partial charge in [-0.15, -0.1) is 0 Å². The summed E-state index contributed by atoms with van der Waals surface area (Å²) in [4.78, 5) is 22.6. The fourth-order valence-corrected chi connectivity index (χ4v) is 1.41. The lowest BCUT2D eigenvalue weighted by atomic mass is 9.87. The Balaban J connectivity index is 4.24. The number of hydrogen-bond donors (Lipinski definition) is 3. The molecular weight excluding hydrogens is 236 g/mol. The molecule has 0 bridgehead atoms. The molecule has 0 saturated heterocycles. The Hall–Kier alpha value is -1.30. The van der Waals surface area contributed by atoms with E-state index in [1.807, 2.05) is 13.8 Å². The van der Waals surface area contributed by atoms with Crippen LogP contribution in [-0.2, 0) is 9.53 Å². The Bertz CT molecular complexity index is 286. The number of amides is 2. The molecule has 3 N–H and O–H groups in total. The van der Waals surface area contributed by atoms with Gasteiger partial charge >= 0.3 is 12.0 Å². The van der Waals surface area contributed by atoms with Crippen LogP contribution in [0.15, 0.2) is 0 Å². The standard InChI is InChI=1S/C12H24N2O4/c1-6-18-8(2)7-13-11(17)14-9(10(15)16)12(3,4)5/h8-9H,6-7H2,1-5H3,(H,15,16)(H2,13,14,17). The quantitative estimate of drug-likeness (QED) is 0.670. The Morgan fingerprint density at radius 2 is 1.89 bits per heavy atom. The minimum Gasteiger partial charge on any atom is -0.480 e. The molecule has 2 amide bonds.